The molecule has 90 valence electrons. The number of hydrogen-bond donors (Lipinski definition) is 2. The molecule has 3 nitrogen and oxygen atoms in total. The van der Waals surface area contributed by atoms with E-state index in [-0.39, 0.29) is 0 Å². The van der Waals surface area contributed by atoms with Gasteiger partial charge in [-0.3, -0.25) is 4.99 Å². The fourth-order valence-corrected chi connectivity index (χ4v) is 0.391. The summed E-state index contributed by atoms with van der Waals surface area (Å²) in [6.45, 7) is 18.6. The van der Waals surface area contributed by atoms with Gasteiger partial charge < -0.3 is 11.1 Å². The SMILES string of the molecule is C=CC.C=NC(=C)CNCCN.CCC. The van der Waals surface area contributed by atoms with E-state index in [1.54, 1.807) is 6.08 Å². The van der Waals surface area contributed by atoms with Crippen LogP contribution in [0.4, 0.5) is 0 Å². The Morgan fingerprint density at radius 3 is 2.13 bits per heavy atom. The van der Waals surface area contributed by atoms with E-state index in [1.807, 2.05) is 6.92 Å². The molecule has 0 spiro atoms. The van der Waals surface area contributed by atoms with Crippen molar-refractivity contribution in [2.45, 2.75) is 27.2 Å². The van der Waals surface area contributed by atoms with Crippen molar-refractivity contribution < 1.29 is 0 Å². The van der Waals surface area contributed by atoms with Crippen LogP contribution in [0, 0.1) is 0 Å². The highest BCUT2D eigenvalue weighted by molar-refractivity contribution is 5.28. The summed E-state index contributed by atoms with van der Waals surface area (Å²) in [7, 11) is 0. The molecule has 3 N–H and O–H groups in total. The molecule has 0 saturated heterocycles. The molecule has 0 aliphatic heterocycles. The van der Waals surface area contributed by atoms with Crippen molar-refractivity contribution >= 4 is 6.72 Å². The predicted octanol–water partition coefficient (Wildman–Crippen LogP) is 2.36. The lowest BCUT2D eigenvalue weighted by atomic mass is 10.5. The number of rotatable bonds is 5. The van der Waals surface area contributed by atoms with E-state index in [0.29, 0.717) is 13.1 Å². The number of nitrogens with one attached hydrogen (secondary N) is 1. The van der Waals surface area contributed by atoms with Gasteiger partial charge in [-0.15, -0.1) is 6.58 Å². The third kappa shape index (κ3) is 43.5. The molecule has 0 atom stereocenters. The van der Waals surface area contributed by atoms with Crippen LogP contribution < -0.4 is 11.1 Å². The summed E-state index contributed by atoms with van der Waals surface area (Å²) < 4.78 is 0. The molecule has 0 aromatic rings. The summed E-state index contributed by atoms with van der Waals surface area (Å²) in [5.74, 6) is 0. The van der Waals surface area contributed by atoms with Gasteiger partial charge in [-0.1, -0.05) is 32.9 Å². The van der Waals surface area contributed by atoms with Crippen LogP contribution in [0.1, 0.15) is 27.2 Å². The fraction of sp³-hybridized carbons (Fsp3) is 0.583. The van der Waals surface area contributed by atoms with Gasteiger partial charge in [-0.25, -0.2) is 0 Å². The van der Waals surface area contributed by atoms with Crippen LogP contribution in [0.15, 0.2) is 29.9 Å². The first-order valence-corrected chi connectivity index (χ1v) is 5.26. The Balaban J connectivity index is -0.000000200. The van der Waals surface area contributed by atoms with Crippen molar-refractivity contribution in [2.75, 3.05) is 19.6 Å². The Hall–Kier alpha value is -0.930. The zero-order valence-corrected chi connectivity index (χ0v) is 10.6. The molecule has 0 fully saturated rings. The van der Waals surface area contributed by atoms with Gasteiger partial charge in [0, 0.05) is 25.3 Å². The molecule has 0 heterocycles. The third-order valence-corrected chi connectivity index (χ3v) is 0.874. The van der Waals surface area contributed by atoms with Crippen molar-refractivity contribution in [1.29, 1.82) is 0 Å². The monoisotopic (exact) mass is 213 g/mol. The van der Waals surface area contributed by atoms with Gasteiger partial charge in [0.15, 0.2) is 0 Å². The molecule has 0 bridgehead atoms. The fourth-order valence-electron chi connectivity index (χ4n) is 0.391. The number of hydrogen-bond acceptors (Lipinski definition) is 3. The maximum atomic E-state index is 5.22. The summed E-state index contributed by atoms with van der Waals surface area (Å²) in [4.78, 5) is 3.61. The molecule has 0 aliphatic rings. The van der Waals surface area contributed by atoms with Crippen LogP contribution in [0.25, 0.3) is 0 Å². The first-order chi connectivity index (χ1) is 7.14. The standard InChI is InChI=1S/C6H13N3.C3H8.C3H6/c1-6(8-2)5-9-4-3-7;2*1-3-2/h9H,1-5,7H2;3H2,1-2H3;3H,1H2,2H3. The molecule has 3 heteroatoms. The third-order valence-electron chi connectivity index (χ3n) is 0.874. The average molecular weight is 213 g/mol. The summed E-state index contributed by atoms with van der Waals surface area (Å²) in [5, 5.41) is 3.03. The van der Waals surface area contributed by atoms with Crippen LogP contribution in [-0.4, -0.2) is 26.4 Å². The van der Waals surface area contributed by atoms with Gasteiger partial charge in [-0.2, -0.15) is 0 Å². The maximum Gasteiger partial charge on any atom is 0.0462 e. The highest BCUT2D eigenvalue weighted by atomic mass is 14.9. The highest BCUT2D eigenvalue weighted by Crippen LogP contribution is 1.83. The van der Waals surface area contributed by atoms with Crippen molar-refractivity contribution in [3.63, 3.8) is 0 Å². The number of nitrogens with two attached hydrogens (primary N) is 1. The van der Waals surface area contributed by atoms with Gasteiger partial charge in [-0.05, 0) is 13.6 Å². The summed E-state index contributed by atoms with van der Waals surface area (Å²) in [5.41, 5.74) is 5.97. The van der Waals surface area contributed by atoms with Crippen molar-refractivity contribution in [2.24, 2.45) is 10.7 Å². The lowest BCUT2D eigenvalue weighted by Crippen LogP contribution is -2.23. The quantitative estimate of drug-likeness (QED) is 0.418. The second kappa shape index (κ2) is 23.1. The summed E-state index contributed by atoms with van der Waals surface area (Å²) in [6, 6.07) is 0. The predicted molar refractivity (Wildman–Crippen MR) is 72.4 cm³/mol. The van der Waals surface area contributed by atoms with Crippen LogP contribution in [0.2, 0.25) is 0 Å². The highest BCUT2D eigenvalue weighted by Gasteiger charge is 1.85. The number of aliphatic imine (C=N–C) groups is 1. The minimum absolute atomic E-state index is 0.643. The van der Waals surface area contributed by atoms with Gasteiger partial charge in [0.1, 0.15) is 0 Å². The Bertz CT molecular complexity index is 142. The molecule has 0 aromatic carbocycles. The lowest BCUT2D eigenvalue weighted by molar-refractivity contribution is 0.735. The van der Waals surface area contributed by atoms with Crippen LogP contribution in [-0.2, 0) is 0 Å². The molecule has 0 radical (unpaired) electrons. The zero-order chi connectivity index (χ0) is 12.5. The van der Waals surface area contributed by atoms with Crippen LogP contribution in [0.3, 0.4) is 0 Å². The van der Waals surface area contributed by atoms with Crippen LogP contribution >= 0.6 is 0 Å². The Morgan fingerprint density at radius 2 is 1.87 bits per heavy atom. The van der Waals surface area contributed by atoms with Crippen molar-refractivity contribution in [3.8, 4) is 0 Å². The maximum absolute atomic E-state index is 5.22. The minimum Gasteiger partial charge on any atom is -0.329 e. The zero-order valence-electron chi connectivity index (χ0n) is 10.6. The average Bonchev–Trinajstić information content (AvgIpc) is 2.20. The van der Waals surface area contributed by atoms with E-state index in [2.05, 4.69) is 44.0 Å². The van der Waals surface area contributed by atoms with Crippen molar-refractivity contribution in [3.05, 3.63) is 24.9 Å². The summed E-state index contributed by atoms with van der Waals surface area (Å²) >= 11 is 0. The normalized spacial score (nSPS) is 7.47. The molecular weight excluding hydrogens is 186 g/mol. The molecule has 0 rings (SSSR count). The minimum atomic E-state index is 0.643. The van der Waals surface area contributed by atoms with Gasteiger partial charge in [0.25, 0.3) is 0 Å². The smallest absolute Gasteiger partial charge is 0.0462 e. The molecule has 0 unspecified atom stereocenters. The van der Waals surface area contributed by atoms with E-state index in [1.165, 1.54) is 6.42 Å². The molecule has 0 aliphatic carbocycles. The van der Waals surface area contributed by atoms with E-state index in [0.717, 1.165) is 12.2 Å². The van der Waals surface area contributed by atoms with Crippen molar-refractivity contribution in [1.82, 2.24) is 5.32 Å². The lowest BCUT2D eigenvalue weighted by Gasteiger charge is -1.99. The summed E-state index contributed by atoms with van der Waals surface area (Å²) in [6.07, 6.45) is 3.00. The molecule has 0 saturated carbocycles. The van der Waals surface area contributed by atoms with Gasteiger partial charge in [0.05, 0.1) is 0 Å². The van der Waals surface area contributed by atoms with Crippen LogP contribution in [0.5, 0.6) is 0 Å². The second-order valence-electron chi connectivity index (χ2n) is 2.81. The topological polar surface area (TPSA) is 50.4 Å². The largest absolute Gasteiger partial charge is 0.329 e. The first-order valence-electron chi connectivity index (χ1n) is 5.26. The Morgan fingerprint density at radius 1 is 1.47 bits per heavy atom. The number of allylic oxidation sites excluding steroid dienone is 1. The molecule has 0 aromatic heterocycles. The van der Waals surface area contributed by atoms with E-state index in [9.17, 15) is 0 Å². The van der Waals surface area contributed by atoms with E-state index < -0.39 is 0 Å². The number of nitrogens with zero attached hydrogens (tertiary/aromatic N) is 1. The second-order valence-corrected chi connectivity index (χ2v) is 2.81. The Labute approximate surface area is 95.2 Å². The first kappa shape index (κ1) is 19.6. The van der Waals surface area contributed by atoms with Gasteiger partial charge in [0.2, 0.25) is 0 Å². The van der Waals surface area contributed by atoms with E-state index in [4.69, 9.17) is 5.73 Å². The molecule has 0 amide bonds. The molecular formula is C12H27N3. The van der Waals surface area contributed by atoms with E-state index >= 15 is 0 Å². The Kier molecular flexibility index (Phi) is 30.3. The van der Waals surface area contributed by atoms with Gasteiger partial charge >= 0.3 is 0 Å². The molecule has 15 heavy (non-hydrogen) atoms.